The van der Waals surface area contributed by atoms with Gasteiger partial charge in [-0.05, 0) is 49.6 Å². The Kier molecular flexibility index (Phi) is 5.23. The summed E-state index contributed by atoms with van der Waals surface area (Å²) in [7, 11) is 0. The Morgan fingerprint density at radius 2 is 1.84 bits per heavy atom. The number of benzene rings is 2. The van der Waals surface area contributed by atoms with Crippen molar-refractivity contribution >= 4 is 33.4 Å². The van der Waals surface area contributed by atoms with Crippen LogP contribution >= 0.6 is 15.9 Å². The highest BCUT2D eigenvalue weighted by atomic mass is 79.9. The Morgan fingerprint density at radius 1 is 1.12 bits per heavy atom. The summed E-state index contributed by atoms with van der Waals surface area (Å²) in [6.07, 6.45) is 1.99. The maximum atomic E-state index is 12.6. The van der Waals surface area contributed by atoms with Crippen molar-refractivity contribution in [3.8, 4) is 0 Å². The molecule has 1 fully saturated rings. The van der Waals surface area contributed by atoms with Gasteiger partial charge in [0.15, 0.2) is 0 Å². The summed E-state index contributed by atoms with van der Waals surface area (Å²) in [5.41, 5.74) is 2.58. The van der Waals surface area contributed by atoms with E-state index in [0.29, 0.717) is 6.54 Å². The van der Waals surface area contributed by atoms with Gasteiger partial charge in [-0.3, -0.25) is 9.59 Å². The molecule has 3 rings (SSSR count). The molecule has 2 aromatic rings. The van der Waals surface area contributed by atoms with E-state index in [1.54, 1.807) is 0 Å². The van der Waals surface area contributed by atoms with Crippen molar-refractivity contribution in [1.29, 1.82) is 0 Å². The van der Waals surface area contributed by atoms with Crippen LogP contribution in [0.25, 0.3) is 0 Å². The van der Waals surface area contributed by atoms with Crippen LogP contribution in [-0.4, -0.2) is 18.4 Å². The Labute approximate surface area is 156 Å². The van der Waals surface area contributed by atoms with E-state index >= 15 is 0 Å². The number of halogens is 1. The number of carbonyl (C=O) groups excluding carboxylic acids is 2. The Hall–Kier alpha value is -2.14. The molecular weight excluding hydrogens is 380 g/mol. The van der Waals surface area contributed by atoms with Crippen molar-refractivity contribution in [3.63, 3.8) is 0 Å². The molecule has 5 heteroatoms. The fraction of sp³-hybridized carbons (Fsp3) is 0.300. The maximum absolute atomic E-state index is 12.6. The van der Waals surface area contributed by atoms with Crippen LogP contribution in [0.3, 0.4) is 0 Å². The Bertz CT molecular complexity index is 783. The van der Waals surface area contributed by atoms with Crippen LogP contribution in [0.5, 0.6) is 0 Å². The van der Waals surface area contributed by atoms with Crippen molar-refractivity contribution in [2.75, 3.05) is 11.9 Å². The zero-order chi connectivity index (χ0) is 17.9. The van der Waals surface area contributed by atoms with Crippen molar-refractivity contribution < 1.29 is 9.59 Å². The molecule has 2 amide bonds. The minimum atomic E-state index is -0.395. The van der Waals surface area contributed by atoms with Crippen LogP contribution in [0.1, 0.15) is 30.4 Å². The molecule has 0 saturated heterocycles. The van der Waals surface area contributed by atoms with Crippen LogP contribution in [0, 0.1) is 6.92 Å². The lowest BCUT2D eigenvalue weighted by molar-refractivity contribution is -0.123. The van der Waals surface area contributed by atoms with Crippen molar-refractivity contribution in [2.45, 2.75) is 31.6 Å². The van der Waals surface area contributed by atoms with E-state index in [1.165, 1.54) is 0 Å². The number of aryl methyl sites for hydroxylation is 1. The Morgan fingerprint density at radius 3 is 2.48 bits per heavy atom. The minimum absolute atomic E-state index is 0.0227. The highest BCUT2D eigenvalue weighted by Crippen LogP contribution is 2.48. The number of rotatable bonds is 6. The largest absolute Gasteiger partial charge is 0.355 e. The van der Waals surface area contributed by atoms with E-state index < -0.39 is 5.41 Å². The second-order valence-corrected chi connectivity index (χ2v) is 7.43. The third-order valence-corrected chi connectivity index (χ3v) is 5.05. The summed E-state index contributed by atoms with van der Waals surface area (Å²) < 4.78 is 0.962. The molecule has 0 aromatic heterocycles. The van der Waals surface area contributed by atoms with E-state index in [2.05, 4.69) is 32.6 Å². The highest BCUT2D eigenvalue weighted by molar-refractivity contribution is 9.10. The molecule has 1 saturated carbocycles. The molecule has 1 aliphatic rings. The third-order valence-electron chi connectivity index (χ3n) is 4.52. The number of nitrogens with one attached hydrogen (secondary N) is 2. The zero-order valence-corrected chi connectivity index (χ0v) is 15.7. The molecule has 1 aliphatic carbocycles. The van der Waals surface area contributed by atoms with Crippen LogP contribution in [0.4, 0.5) is 5.69 Å². The van der Waals surface area contributed by atoms with E-state index in [4.69, 9.17) is 0 Å². The number of hydrogen-bond acceptors (Lipinski definition) is 2. The number of anilines is 1. The predicted molar refractivity (Wildman–Crippen MR) is 102 cm³/mol. The number of amides is 2. The number of hydrogen-bond donors (Lipinski definition) is 2. The Balaban J connectivity index is 1.49. The van der Waals surface area contributed by atoms with Gasteiger partial charge in [0.2, 0.25) is 11.8 Å². The lowest BCUT2D eigenvalue weighted by Gasteiger charge is -2.16. The van der Waals surface area contributed by atoms with Gasteiger partial charge in [0.1, 0.15) is 0 Å². The summed E-state index contributed by atoms with van der Waals surface area (Å²) in [4.78, 5) is 24.6. The van der Waals surface area contributed by atoms with E-state index in [1.807, 2.05) is 49.4 Å². The SMILES string of the molecule is Cc1cccc(C2(C(=O)NCCC(=O)Nc3ccc(Br)cc3)CC2)c1. The molecule has 0 radical (unpaired) electrons. The third kappa shape index (κ3) is 4.28. The van der Waals surface area contributed by atoms with Crippen molar-refractivity contribution in [1.82, 2.24) is 5.32 Å². The summed E-state index contributed by atoms with van der Waals surface area (Å²) in [6, 6.07) is 15.5. The second-order valence-electron chi connectivity index (χ2n) is 6.51. The standard InChI is InChI=1S/C20H21BrN2O2/c1-14-3-2-4-15(13-14)20(10-11-20)19(25)22-12-9-18(24)23-17-7-5-16(21)6-8-17/h2-8,13H,9-12H2,1H3,(H,22,25)(H,23,24). The smallest absolute Gasteiger partial charge is 0.230 e. The first-order chi connectivity index (χ1) is 12.0. The molecule has 0 heterocycles. The van der Waals surface area contributed by atoms with E-state index in [-0.39, 0.29) is 18.2 Å². The lowest BCUT2D eigenvalue weighted by Crippen LogP contribution is -2.36. The molecule has 25 heavy (non-hydrogen) atoms. The molecule has 130 valence electrons. The average molecular weight is 401 g/mol. The monoisotopic (exact) mass is 400 g/mol. The van der Waals surface area contributed by atoms with E-state index in [0.717, 1.165) is 34.1 Å². The van der Waals surface area contributed by atoms with Gasteiger partial charge < -0.3 is 10.6 Å². The van der Waals surface area contributed by atoms with Gasteiger partial charge in [-0.1, -0.05) is 45.8 Å². The summed E-state index contributed by atoms with van der Waals surface area (Å²) in [5.74, 6) is -0.0856. The summed E-state index contributed by atoms with van der Waals surface area (Å²) in [5, 5.41) is 5.75. The number of carbonyl (C=O) groups is 2. The van der Waals surface area contributed by atoms with Gasteiger partial charge in [0.25, 0.3) is 0 Å². The van der Waals surface area contributed by atoms with Gasteiger partial charge in [-0.15, -0.1) is 0 Å². The molecule has 2 aromatic carbocycles. The molecule has 0 unspecified atom stereocenters. The summed E-state index contributed by atoms with van der Waals surface area (Å²) >= 11 is 3.36. The summed E-state index contributed by atoms with van der Waals surface area (Å²) in [6.45, 7) is 2.37. The quantitative estimate of drug-likeness (QED) is 0.771. The molecule has 0 spiro atoms. The van der Waals surface area contributed by atoms with Crippen LogP contribution < -0.4 is 10.6 Å². The molecule has 0 aliphatic heterocycles. The van der Waals surface area contributed by atoms with E-state index in [9.17, 15) is 9.59 Å². The molecule has 0 atom stereocenters. The topological polar surface area (TPSA) is 58.2 Å². The minimum Gasteiger partial charge on any atom is -0.355 e. The van der Waals surface area contributed by atoms with Gasteiger partial charge in [-0.2, -0.15) is 0 Å². The van der Waals surface area contributed by atoms with Crippen molar-refractivity contribution in [3.05, 3.63) is 64.1 Å². The maximum Gasteiger partial charge on any atom is 0.230 e. The molecule has 2 N–H and O–H groups in total. The molecule has 0 bridgehead atoms. The lowest BCUT2D eigenvalue weighted by atomic mass is 9.93. The second kappa shape index (κ2) is 7.40. The van der Waals surface area contributed by atoms with Crippen molar-refractivity contribution in [2.24, 2.45) is 0 Å². The predicted octanol–water partition coefficient (Wildman–Crippen LogP) is 3.93. The fourth-order valence-electron chi connectivity index (χ4n) is 2.93. The molecule has 4 nitrogen and oxygen atoms in total. The average Bonchev–Trinajstić information content (AvgIpc) is 3.39. The highest BCUT2D eigenvalue weighted by Gasteiger charge is 2.51. The molecular formula is C20H21BrN2O2. The first-order valence-corrected chi connectivity index (χ1v) is 9.20. The van der Waals surface area contributed by atoms with Crippen LogP contribution in [-0.2, 0) is 15.0 Å². The van der Waals surface area contributed by atoms with Gasteiger partial charge in [-0.25, -0.2) is 0 Å². The van der Waals surface area contributed by atoms with Gasteiger partial charge in [0, 0.05) is 23.1 Å². The zero-order valence-electron chi connectivity index (χ0n) is 14.1. The normalized spacial score (nSPS) is 14.6. The van der Waals surface area contributed by atoms with Gasteiger partial charge in [0.05, 0.1) is 5.41 Å². The van der Waals surface area contributed by atoms with Gasteiger partial charge >= 0.3 is 0 Å². The fourth-order valence-corrected chi connectivity index (χ4v) is 3.19. The van der Waals surface area contributed by atoms with Crippen LogP contribution in [0.15, 0.2) is 53.0 Å². The van der Waals surface area contributed by atoms with Crippen LogP contribution in [0.2, 0.25) is 0 Å². The first-order valence-electron chi connectivity index (χ1n) is 8.40. The first kappa shape index (κ1) is 17.7.